The van der Waals surface area contributed by atoms with Crippen molar-refractivity contribution in [2.75, 3.05) is 36.9 Å². The number of epoxide rings is 1. The van der Waals surface area contributed by atoms with Gasteiger partial charge >= 0.3 is 5.97 Å². The minimum atomic E-state index is -2.20. The first-order chi connectivity index (χ1) is 24.1. The van der Waals surface area contributed by atoms with Crippen LogP contribution < -0.4 is 33.6 Å². The lowest BCUT2D eigenvalue weighted by molar-refractivity contribution is -0.164. The van der Waals surface area contributed by atoms with Gasteiger partial charge in [0.25, 0.3) is 0 Å². The monoisotopic (exact) mass is 758 g/mol. The van der Waals surface area contributed by atoms with Gasteiger partial charge in [-0.15, -0.1) is 0 Å². The van der Waals surface area contributed by atoms with Gasteiger partial charge in [-0.2, -0.15) is 9.98 Å². The third kappa shape index (κ3) is 21.5. The van der Waals surface area contributed by atoms with Crippen LogP contribution in [0.4, 0.5) is 11.4 Å². The van der Waals surface area contributed by atoms with Crippen molar-refractivity contribution in [3.63, 3.8) is 0 Å². The van der Waals surface area contributed by atoms with Crippen molar-refractivity contribution in [3.8, 4) is 0 Å². The summed E-state index contributed by atoms with van der Waals surface area (Å²) in [5, 5.41) is 58.9. The fourth-order valence-corrected chi connectivity index (χ4v) is 3.72. The predicted octanol–water partition coefficient (Wildman–Crippen LogP) is 0.249. The van der Waals surface area contributed by atoms with E-state index in [2.05, 4.69) is 37.5 Å². The van der Waals surface area contributed by atoms with Crippen LogP contribution in [0.25, 0.3) is 0 Å². The lowest BCUT2D eigenvalue weighted by Gasteiger charge is -2.23. The molecule has 1 aliphatic rings. The number of aliphatic imine (C=N–C) groups is 4. The second-order valence-electron chi connectivity index (χ2n) is 10.8. The van der Waals surface area contributed by atoms with Crippen LogP contribution >= 0.6 is 23.2 Å². The number of benzene rings is 2. The van der Waals surface area contributed by atoms with Gasteiger partial charge in [-0.05, 0) is 68.3 Å². The molecule has 1 fully saturated rings. The average molecular weight is 760 g/mol. The number of carbonyl (C=O) groups is 1. The van der Waals surface area contributed by atoms with Crippen molar-refractivity contribution in [2.24, 2.45) is 42.9 Å². The molecule has 0 radical (unpaired) electrons. The molecule has 0 bridgehead atoms. The van der Waals surface area contributed by atoms with Crippen molar-refractivity contribution >= 4 is 64.4 Å². The fourth-order valence-electron chi connectivity index (χ4n) is 3.46. The maximum absolute atomic E-state index is 10.1. The van der Waals surface area contributed by atoms with Gasteiger partial charge in [-0.25, -0.2) is 4.79 Å². The first-order valence-electron chi connectivity index (χ1n) is 15.6. The number of rotatable bonds is 14. The molecule has 0 spiro atoms. The van der Waals surface area contributed by atoms with E-state index in [9.17, 15) is 4.79 Å². The van der Waals surface area contributed by atoms with Crippen LogP contribution in [0.2, 0.25) is 10.0 Å². The van der Waals surface area contributed by atoms with Crippen LogP contribution in [0, 0.1) is 0 Å². The summed E-state index contributed by atoms with van der Waals surface area (Å²) in [5.41, 5.74) is 24.8. The summed E-state index contributed by atoms with van der Waals surface area (Å²) in [6.07, 6.45) is -3.57. The van der Waals surface area contributed by atoms with E-state index in [1.807, 2.05) is 0 Å². The molecule has 0 aliphatic carbocycles. The molecule has 2 aromatic carbocycles. The lowest BCUT2D eigenvalue weighted by atomic mass is 10.0. The van der Waals surface area contributed by atoms with Crippen LogP contribution in [0.5, 0.6) is 0 Å². The molecule has 0 saturated carbocycles. The highest BCUT2D eigenvalue weighted by molar-refractivity contribution is 6.31. The number of nitrogens with zero attached hydrogens (tertiary/aromatic N) is 4. The lowest BCUT2D eigenvalue weighted by Crippen LogP contribution is -2.48. The van der Waals surface area contributed by atoms with Crippen molar-refractivity contribution in [1.82, 2.24) is 0 Å². The Labute approximate surface area is 305 Å². The minimum absolute atomic E-state index is 0.124. The summed E-state index contributed by atoms with van der Waals surface area (Å²) in [6.45, 7) is 3.32. The second kappa shape index (κ2) is 24.8. The van der Waals surface area contributed by atoms with E-state index in [1.54, 1.807) is 48.5 Å². The van der Waals surface area contributed by atoms with Gasteiger partial charge in [0.2, 0.25) is 23.8 Å². The number of hydrogen-bond acceptors (Lipinski definition) is 9. The molecule has 5 atom stereocenters. The molecule has 0 amide bonds. The van der Waals surface area contributed by atoms with Crippen LogP contribution in [0.1, 0.15) is 32.6 Å². The van der Waals surface area contributed by atoms with Gasteiger partial charge in [0.05, 0.1) is 19.3 Å². The third-order valence-corrected chi connectivity index (χ3v) is 6.83. The molecule has 20 heteroatoms. The Morgan fingerprint density at radius 2 is 1.16 bits per heavy atom. The van der Waals surface area contributed by atoms with Gasteiger partial charge < -0.3 is 68.9 Å². The molecule has 18 nitrogen and oxygen atoms in total. The molecule has 1 heterocycles. The summed E-state index contributed by atoms with van der Waals surface area (Å²) >= 11 is 11.7. The number of nitrogens with one attached hydrogen (secondary N) is 2. The molecule has 3 rings (SSSR count). The number of carboxylic acid groups (broad SMARTS) is 1. The number of guanidine groups is 4. The largest absolute Gasteiger partial charge is 0.479 e. The normalized spacial score (nSPS) is 17.1. The van der Waals surface area contributed by atoms with Crippen LogP contribution in [-0.4, -0.2) is 117 Å². The van der Waals surface area contributed by atoms with Crippen molar-refractivity contribution < 1.29 is 40.2 Å². The number of aliphatic hydroxyl groups excluding tert-OH is 5. The smallest absolute Gasteiger partial charge is 0.335 e. The van der Waals surface area contributed by atoms with Crippen LogP contribution in [-0.2, 0) is 9.53 Å². The van der Waals surface area contributed by atoms with Crippen molar-refractivity contribution in [1.29, 1.82) is 0 Å². The predicted molar refractivity (Wildman–Crippen MR) is 199 cm³/mol. The number of anilines is 2. The summed E-state index contributed by atoms with van der Waals surface area (Å²) in [5.74, 6) is -1.16. The Morgan fingerprint density at radius 1 is 0.784 bits per heavy atom. The van der Waals surface area contributed by atoms with E-state index >= 15 is 0 Å². The number of unbranched alkanes of at least 4 members (excludes halogenated alkanes) is 3. The molecular weight excluding hydrogens is 711 g/mol. The number of carboxylic acids is 1. The first kappa shape index (κ1) is 44.8. The second-order valence-corrected chi connectivity index (χ2v) is 11.7. The zero-order valence-corrected chi connectivity index (χ0v) is 29.5. The molecule has 2 aromatic rings. The highest BCUT2D eigenvalue weighted by Crippen LogP contribution is 2.14. The zero-order valence-electron chi connectivity index (χ0n) is 28.0. The Bertz CT molecular complexity index is 1350. The van der Waals surface area contributed by atoms with E-state index in [0.29, 0.717) is 29.2 Å². The Hall–Kier alpha value is -4.27. The van der Waals surface area contributed by atoms with E-state index in [1.165, 1.54) is 0 Å². The number of ether oxygens (including phenoxy) is 1. The third-order valence-electron chi connectivity index (χ3n) is 6.32. The fraction of sp³-hybridized carbons (Fsp3) is 0.452. The molecule has 1 aliphatic heterocycles. The van der Waals surface area contributed by atoms with E-state index in [-0.39, 0.29) is 23.8 Å². The van der Waals surface area contributed by atoms with E-state index in [4.69, 9.17) is 81.5 Å². The number of hydrogen-bond donors (Lipinski definition) is 12. The van der Waals surface area contributed by atoms with Gasteiger partial charge in [-0.3, -0.25) is 9.98 Å². The number of aliphatic hydroxyl groups is 5. The number of nitrogens with two attached hydrogens (primary N) is 4. The zero-order chi connectivity index (χ0) is 38.3. The average Bonchev–Trinajstić information content (AvgIpc) is 3.88. The summed E-state index contributed by atoms with van der Waals surface area (Å²) in [7, 11) is 0. The van der Waals surface area contributed by atoms with Gasteiger partial charge in [0.1, 0.15) is 18.3 Å². The molecule has 1 unspecified atom stereocenters. The Morgan fingerprint density at radius 3 is 1.47 bits per heavy atom. The van der Waals surface area contributed by atoms with Gasteiger partial charge in [0, 0.05) is 34.5 Å². The highest BCUT2D eigenvalue weighted by Gasteiger charge is 2.33. The Balaban J connectivity index is 0.000000627. The minimum Gasteiger partial charge on any atom is -0.479 e. The maximum Gasteiger partial charge on any atom is 0.335 e. The topological polar surface area (TPSA) is 329 Å². The van der Waals surface area contributed by atoms with Gasteiger partial charge in [-0.1, -0.05) is 36.0 Å². The summed E-state index contributed by atoms with van der Waals surface area (Å²) in [6, 6.07) is 14.1. The number of halogens is 2. The SMILES string of the molecule is CC1CO1.NC(=NCCCCCCN=C(N)N=C(N)Nc1ccc(Cl)cc1)N=C(N)Nc1ccc(Cl)cc1.O=C(O)[C@H](O)[C@@H](O)[C@H](O)[C@H](O)CO. The molecule has 0 aromatic heterocycles. The molecule has 1 saturated heterocycles. The van der Waals surface area contributed by atoms with Gasteiger partial charge in [0.15, 0.2) is 6.10 Å². The molecule has 284 valence electrons. The number of aliphatic carboxylic acids is 1. The molecular formula is C31H48Cl2N10O8. The van der Waals surface area contributed by atoms with Crippen molar-refractivity contribution in [2.45, 2.75) is 63.1 Å². The summed E-state index contributed by atoms with van der Waals surface area (Å²) in [4.78, 5) is 26.6. The molecule has 16 N–H and O–H groups in total. The van der Waals surface area contributed by atoms with Crippen molar-refractivity contribution in [3.05, 3.63) is 58.6 Å². The van der Waals surface area contributed by atoms with E-state index in [0.717, 1.165) is 43.7 Å². The Kier molecular flexibility index (Phi) is 21.8. The highest BCUT2D eigenvalue weighted by atomic mass is 35.5. The van der Waals surface area contributed by atoms with Crippen LogP contribution in [0.3, 0.4) is 0 Å². The maximum atomic E-state index is 10.1. The summed E-state index contributed by atoms with van der Waals surface area (Å²) < 4.78 is 4.71. The van der Waals surface area contributed by atoms with Crippen LogP contribution in [0.15, 0.2) is 68.5 Å². The van der Waals surface area contributed by atoms with E-state index < -0.39 is 37.0 Å². The molecule has 51 heavy (non-hydrogen) atoms. The standard InChI is InChI=1S/C22H30Cl2N10.C6H12O7.C3H6O/c23-15-5-9-17(10-6-15)31-21(27)33-19(25)29-13-3-1-2-4-14-30-20(26)34-22(28)32-18-11-7-16(24)8-12-18;7-1-2(8)3(9)4(10)5(11)6(12)13;1-3-2-4-3/h5-12H,1-4,13-14H2,(H5,25,27,29,31,33)(H5,26,28,30,32,34);2-5,7-11H,1H2,(H,12,13);3H,2H2,1H3/t;2-,3-,4+,5-;/m.1./s1. The first-order valence-corrected chi connectivity index (χ1v) is 16.4. The quantitative estimate of drug-likeness (QED) is 0.0532.